The van der Waals surface area contributed by atoms with Crippen LogP contribution in [0.25, 0.3) is 28.3 Å². The molecule has 0 aliphatic carbocycles. The van der Waals surface area contributed by atoms with Crippen LogP contribution in [0, 0.1) is 13.8 Å². The Morgan fingerprint density at radius 3 is 2.49 bits per heavy atom. The molecule has 8 nitrogen and oxygen atoms in total. The van der Waals surface area contributed by atoms with Crippen LogP contribution in [0.2, 0.25) is 0 Å². The summed E-state index contributed by atoms with van der Waals surface area (Å²) in [6.07, 6.45) is -2.64. The number of thiazole rings is 1. The van der Waals surface area contributed by atoms with Gasteiger partial charge in [-0.1, -0.05) is 42.0 Å². The minimum Gasteiger partial charge on any atom is -0.406 e. The van der Waals surface area contributed by atoms with Crippen LogP contribution in [0.15, 0.2) is 78.6 Å². The molecule has 0 spiro atoms. The van der Waals surface area contributed by atoms with E-state index >= 15 is 0 Å². The Labute approximate surface area is 237 Å². The van der Waals surface area contributed by atoms with E-state index in [1.165, 1.54) is 46.6 Å². The van der Waals surface area contributed by atoms with Crippen molar-refractivity contribution in [1.82, 2.24) is 25.1 Å². The molecule has 2 aromatic heterocycles. The van der Waals surface area contributed by atoms with Crippen molar-refractivity contribution in [2.24, 2.45) is 0 Å². The van der Waals surface area contributed by atoms with Crippen molar-refractivity contribution in [2.45, 2.75) is 26.6 Å². The summed E-state index contributed by atoms with van der Waals surface area (Å²) in [7, 11) is 0. The van der Waals surface area contributed by atoms with Gasteiger partial charge in [0, 0.05) is 17.7 Å². The van der Waals surface area contributed by atoms with Crippen LogP contribution in [-0.2, 0) is 6.42 Å². The Balaban J connectivity index is 1.14. The Bertz CT molecular complexity index is 1650. The third-order valence-electron chi connectivity index (χ3n) is 6.18. The Morgan fingerprint density at radius 1 is 1.00 bits per heavy atom. The summed E-state index contributed by atoms with van der Waals surface area (Å²) in [6, 6.07) is 18.8. The van der Waals surface area contributed by atoms with Crippen molar-refractivity contribution in [2.75, 3.05) is 11.9 Å². The molecule has 210 valence electrons. The molecule has 41 heavy (non-hydrogen) atoms. The summed E-state index contributed by atoms with van der Waals surface area (Å²) in [5.74, 6) is 0.156. The number of aromatic nitrogens is 4. The van der Waals surface area contributed by atoms with Gasteiger partial charge in [-0.15, -0.1) is 29.6 Å². The Morgan fingerprint density at radius 2 is 1.76 bits per heavy atom. The normalized spacial score (nSPS) is 11.3. The lowest BCUT2D eigenvalue weighted by Gasteiger charge is -2.10. The van der Waals surface area contributed by atoms with E-state index in [-0.39, 0.29) is 11.8 Å². The number of carbonyl (C=O) groups is 1. The first kappa shape index (κ1) is 27.8. The molecular formula is C29H25F3N6O2S. The number of halogens is 3. The summed E-state index contributed by atoms with van der Waals surface area (Å²) in [5.41, 5.74) is 8.01. The second-order valence-corrected chi connectivity index (χ2v) is 10.1. The fraction of sp³-hybridized carbons (Fsp3) is 0.172. The number of ether oxygens (including phenoxy) is 1. The van der Waals surface area contributed by atoms with E-state index in [0.717, 1.165) is 33.5 Å². The molecule has 5 rings (SSSR count). The molecule has 0 atom stereocenters. The van der Waals surface area contributed by atoms with E-state index in [4.69, 9.17) is 0 Å². The first-order valence-electron chi connectivity index (χ1n) is 12.6. The molecule has 0 aliphatic heterocycles. The monoisotopic (exact) mass is 578 g/mol. The van der Waals surface area contributed by atoms with Crippen LogP contribution < -0.4 is 15.4 Å². The fourth-order valence-electron chi connectivity index (χ4n) is 4.13. The molecule has 0 fully saturated rings. The molecule has 2 N–H and O–H groups in total. The predicted molar refractivity (Wildman–Crippen MR) is 151 cm³/mol. The number of carbonyl (C=O) groups excluding carboxylic acids is 1. The molecule has 0 saturated carbocycles. The molecule has 12 heteroatoms. The fourth-order valence-corrected chi connectivity index (χ4v) is 4.82. The number of aryl methyl sites for hydroxylation is 2. The van der Waals surface area contributed by atoms with Gasteiger partial charge in [0.05, 0.1) is 11.2 Å². The van der Waals surface area contributed by atoms with E-state index in [9.17, 15) is 18.0 Å². The van der Waals surface area contributed by atoms with E-state index in [1.54, 1.807) is 5.51 Å². The van der Waals surface area contributed by atoms with Gasteiger partial charge < -0.3 is 10.1 Å². The summed E-state index contributed by atoms with van der Waals surface area (Å²) in [4.78, 5) is 21.3. The SMILES string of the molecule is Cc1ccc(C)c(-c2ncsc2NC(=O)NCCc2ccc(-c3ncn(-c4ccc(OC(F)(F)F)cc4)n3)cc2)c1. The maximum absolute atomic E-state index is 12.6. The van der Waals surface area contributed by atoms with Crippen molar-refractivity contribution in [3.63, 3.8) is 0 Å². The van der Waals surface area contributed by atoms with Gasteiger partial charge in [-0.2, -0.15) is 0 Å². The number of nitrogens with zero attached hydrogens (tertiary/aromatic N) is 4. The second-order valence-electron chi connectivity index (χ2n) is 9.23. The number of hydrogen-bond donors (Lipinski definition) is 2. The lowest BCUT2D eigenvalue weighted by molar-refractivity contribution is -0.274. The van der Waals surface area contributed by atoms with E-state index in [2.05, 4.69) is 36.5 Å². The van der Waals surface area contributed by atoms with Gasteiger partial charge in [0.15, 0.2) is 5.82 Å². The van der Waals surface area contributed by atoms with Crippen molar-refractivity contribution in [3.05, 3.63) is 95.3 Å². The van der Waals surface area contributed by atoms with Crippen LogP contribution in [0.4, 0.5) is 23.0 Å². The Hall–Kier alpha value is -4.71. The molecule has 5 aromatic rings. The summed E-state index contributed by atoms with van der Waals surface area (Å²) < 4.78 is 42.5. The van der Waals surface area contributed by atoms with Crippen LogP contribution in [-0.4, -0.2) is 38.7 Å². The summed E-state index contributed by atoms with van der Waals surface area (Å²) in [6.45, 7) is 4.47. The zero-order chi connectivity index (χ0) is 29.0. The zero-order valence-corrected chi connectivity index (χ0v) is 22.9. The van der Waals surface area contributed by atoms with Crippen molar-refractivity contribution in [1.29, 1.82) is 0 Å². The van der Waals surface area contributed by atoms with Gasteiger partial charge >= 0.3 is 12.4 Å². The largest absolute Gasteiger partial charge is 0.573 e. The van der Waals surface area contributed by atoms with Crippen molar-refractivity contribution >= 4 is 22.4 Å². The highest BCUT2D eigenvalue weighted by Crippen LogP contribution is 2.33. The van der Waals surface area contributed by atoms with Crippen molar-refractivity contribution < 1.29 is 22.7 Å². The van der Waals surface area contributed by atoms with Crippen LogP contribution >= 0.6 is 11.3 Å². The first-order chi connectivity index (χ1) is 19.6. The zero-order valence-electron chi connectivity index (χ0n) is 22.1. The lowest BCUT2D eigenvalue weighted by Crippen LogP contribution is -2.30. The molecule has 0 saturated heterocycles. The number of hydrogen-bond acceptors (Lipinski definition) is 6. The van der Waals surface area contributed by atoms with Gasteiger partial charge in [-0.25, -0.2) is 19.4 Å². The standard InChI is InChI=1S/C29H25F3N6O2S/c1-18-3-4-19(2)24(15-18)25-27(41-17-35-25)36-28(39)33-14-13-20-5-7-21(8-6-20)26-34-16-38(37-26)22-9-11-23(12-10-22)40-29(30,31)32/h3-12,15-17H,13-14H2,1-2H3,(H2,33,36,39). The van der Waals surface area contributed by atoms with Gasteiger partial charge in [0.1, 0.15) is 22.8 Å². The lowest BCUT2D eigenvalue weighted by atomic mass is 10.0. The third-order valence-corrected chi connectivity index (χ3v) is 6.92. The molecule has 2 amide bonds. The number of amides is 2. The van der Waals surface area contributed by atoms with Crippen LogP contribution in [0.3, 0.4) is 0 Å². The first-order valence-corrected chi connectivity index (χ1v) is 13.5. The van der Waals surface area contributed by atoms with Crippen molar-refractivity contribution in [3.8, 4) is 34.1 Å². The van der Waals surface area contributed by atoms with E-state index in [1.807, 2.05) is 50.2 Å². The number of rotatable bonds is 8. The smallest absolute Gasteiger partial charge is 0.406 e. The maximum atomic E-state index is 12.6. The summed E-state index contributed by atoms with van der Waals surface area (Å²) in [5, 5.41) is 10.9. The second kappa shape index (κ2) is 11.8. The number of nitrogens with one attached hydrogen (secondary N) is 2. The highest BCUT2D eigenvalue weighted by atomic mass is 32.1. The molecule has 0 unspecified atom stereocenters. The van der Waals surface area contributed by atoms with Crippen LogP contribution in [0.1, 0.15) is 16.7 Å². The quantitative estimate of drug-likeness (QED) is 0.208. The average Bonchev–Trinajstić information content (AvgIpc) is 3.60. The number of anilines is 1. The number of alkyl halides is 3. The highest BCUT2D eigenvalue weighted by molar-refractivity contribution is 7.14. The third kappa shape index (κ3) is 7.09. The molecule has 0 aliphatic rings. The minimum absolute atomic E-state index is 0.301. The maximum Gasteiger partial charge on any atom is 0.573 e. The average molecular weight is 579 g/mol. The molecule has 2 heterocycles. The van der Waals surface area contributed by atoms with Gasteiger partial charge in [-0.3, -0.25) is 5.32 Å². The molecule has 0 radical (unpaired) electrons. The Kier molecular flexibility index (Phi) is 8.02. The highest BCUT2D eigenvalue weighted by Gasteiger charge is 2.31. The van der Waals surface area contributed by atoms with Crippen LogP contribution in [0.5, 0.6) is 5.75 Å². The van der Waals surface area contributed by atoms with Gasteiger partial charge in [0.25, 0.3) is 0 Å². The topological polar surface area (TPSA) is 94.0 Å². The number of benzene rings is 3. The summed E-state index contributed by atoms with van der Waals surface area (Å²) >= 11 is 1.38. The molecule has 0 bridgehead atoms. The molecular weight excluding hydrogens is 553 g/mol. The minimum atomic E-state index is -4.75. The van der Waals surface area contributed by atoms with Gasteiger partial charge in [0.2, 0.25) is 0 Å². The van der Waals surface area contributed by atoms with E-state index in [0.29, 0.717) is 29.5 Å². The number of urea groups is 1. The predicted octanol–water partition coefficient (Wildman–Crippen LogP) is 6.94. The van der Waals surface area contributed by atoms with E-state index < -0.39 is 6.36 Å². The molecule has 3 aromatic carbocycles. The van der Waals surface area contributed by atoms with Gasteiger partial charge in [-0.05, 0) is 61.7 Å².